The number of halogens is 3. The molecule has 2 rings (SSSR count). The first kappa shape index (κ1) is 14.6. The zero-order valence-electron chi connectivity index (χ0n) is 11.2. The fraction of sp³-hybridized carbons (Fsp3) is 0.538. The average molecular weight is 287 g/mol. The fourth-order valence-corrected chi connectivity index (χ4v) is 2.20. The lowest BCUT2D eigenvalue weighted by Crippen LogP contribution is -2.33. The zero-order chi connectivity index (χ0) is 14.8. The van der Waals surface area contributed by atoms with Gasteiger partial charge in [0.05, 0.1) is 5.56 Å². The average Bonchev–Trinajstić information content (AvgIpc) is 2.63. The molecule has 4 nitrogen and oxygen atoms in total. The van der Waals surface area contributed by atoms with Crippen LogP contribution in [0.25, 0.3) is 0 Å². The summed E-state index contributed by atoms with van der Waals surface area (Å²) >= 11 is 0. The number of anilines is 1. The molecule has 1 aromatic heterocycles. The van der Waals surface area contributed by atoms with Gasteiger partial charge in [0.15, 0.2) is 0 Å². The van der Waals surface area contributed by atoms with Crippen LogP contribution in [0.5, 0.6) is 0 Å². The summed E-state index contributed by atoms with van der Waals surface area (Å²) in [5, 5.41) is 0. The normalized spacial score (nSPS) is 17.0. The summed E-state index contributed by atoms with van der Waals surface area (Å²) in [4.78, 5) is 18.8. The SMILES string of the molecule is CC(=O)N1CCCN(c2ccc(C(F)(F)F)cn2)CC1. The molecule has 1 saturated heterocycles. The third-order valence-corrected chi connectivity index (χ3v) is 3.34. The Bertz CT molecular complexity index is 473. The molecule has 1 aromatic rings. The van der Waals surface area contributed by atoms with E-state index in [1.807, 2.05) is 4.90 Å². The monoisotopic (exact) mass is 287 g/mol. The van der Waals surface area contributed by atoms with Crippen LogP contribution in [0, 0.1) is 0 Å². The molecule has 0 spiro atoms. The van der Waals surface area contributed by atoms with Gasteiger partial charge in [0.2, 0.25) is 5.91 Å². The highest BCUT2D eigenvalue weighted by molar-refractivity contribution is 5.73. The van der Waals surface area contributed by atoms with Crippen molar-refractivity contribution in [1.82, 2.24) is 9.88 Å². The number of hydrogen-bond acceptors (Lipinski definition) is 3. The third-order valence-electron chi connectivity index (χ3n) is 3.34. The molecule has 0 atom stereocenters. The number of rotatable bonds is 1. The van der Waals surface area contributed by atoms with E-state index in [1.54, 1.807) is 4.90 Å². The minimum atomic E-state index is -4.37. The number of carbonyl (C=O) groups excluding carboxylic acids is 1. The van der Waals surface area contributed by atoms with Crippen molar-refractivity contribution in [2.75, 3.05) is 31.1 Å². The molecular formula is C13H16F3N3O. The van der Waals surface area contributed by atoms with Crippen LogP contribution in [0.4, 0.5) is 19.0 Å². The minimum Gasteiger partial charge on any atom is -0.355 e. The van der Waals surface area contributed by atoms with Gasteiger partial charge < -0.3 is 9.80 Å². The van der Waals surface area contributed by atoms with Gasteiger partial charge in [-0.3, -0.25) is 4.79 Å². The Morgan fingerprint density at radius 3 is 2.50 bits per heavy atom. The maximum absolute atomic E-state index is 12.5. The Morgan fingerprint density at radius 1 is 1.20 bits per heavy atom. The van der Waals surface area contributed by atoms with Gasteiger partial charge in [-0.05, 0) is 18.6 Å². The first-order valence-corrected chi connectivity index (χ1v) is 6.41. The van der Waals surface area contributed by atoms with Crippen molar-refractivity contribution in [2.24, 2.45) is 0 Å². The number of hydrogen-bond donors (Lipinski definition) is 0. The molecular weight excluding hydrogens is 271 g/mol. The van der Waals surface area contributed by atoms with Gasteiger partial charge in [0.25, 0.3) is 0 Å². The summed E-state index contributed by atoms with van der Waals surface area (Å²) in [7, 11) is 0. The fourth-order valence-electron chi connectivity index (χ4n) is 2.20. The van der Waals surface area contributed by atoms with E-state index < -0.39 is 11.7 Å². The topological polar surface area (TPSA) is 36.4 Å². The smallest absolute Gasteiger partial charge is 0.355 e. The van der Waals surface area contributed by atoms with Crippen LogP contribution in [0.2, 0.25) is 0 Å². The molecule has 0 radical (unpaired) electrons. The molecule has 2 heterocycles. The van der Waals surface area contributed by atoms with Crippen molar-refractivity contribution in [3.63, 3.8) is 0 Å². The van der Waals surface area contributed by atoms with Crippen LogP contribution in [0.15, 0.2) is 18.3 Å². The molecule has 1 fully saturated rings. The maximum atomic E-state index is 12.5. The number of alkyl halides is 3. The second kappa shape index (κ2) is 5.68. The van der Waals surface area contributed by atoms with Crippen LogP contribution in [0.1, 0.15) is 18.9 Å². The van der Waals surface area contributed by atoms with Crippen molar-refractivity contribution >= 4 is 11.7 Å². The van der Waals surface area contributed by atoms with E-state index in [0.717, 1.165) is 18.7 Å². The van der Waals surface area contributed by atoms with Gasteiger partial charge >= 0.3 is 6.18 Å². The Labute approximate surface area is 115 Å². The Balaban J connectivity index is 2.06. The number of carbonyl (C=O) groups is 1. The van der Waals surface area contributed by atoms with E-state index >= 15 is 0 Å². The van der Waals surface area contributed by atoms with E-state index in [9.17, 15) is 18.0 Å². The first-order valence-electron chi connectivity index (χ1n) is 6.41. The highest BCUT2D eigenvalue weighted by atomic mass is 19.4. The zero-order valence-corrected chi connectivity index (χ0v) is 11.2. The van der Waals surface area contributed by atoms with Gasteiger partial charge in [-0.25, -0.2) is 4.98 Å². The molecule has 20 heavy (non-hydrogen) atoms. The lowest BCUT2D eigenvalue weighted by Gasteiger charge is -2.22. The lowest BCUT2D eigenvalue weighted by molar-refractivity contribution is -0.137. The molecule has 1 aliphatic heterocycles. The summed E-state index contributed by atoms with van der Waals surface area (Å²) in [6.45, 7) is 4.02. The number of aromatic nitrogens is 1. The van der Waals surface area contributed by atoms with E-state index in [4.69, 9.17) is 0 Å². The molecule has 7 heteroatoms. The third kappa shape index (κ3) is 3.40. The van der Waals surface area contributed by atoms with Crippen LogP contribution in [-0.4, -0.2) is 42.0 Å². The van der Waals surface area contributed by atoms with Gasteiger partial charge in [-0.1, -0.05) is 0 Å². The van der Waals surface area contributed by atoms with Gasteiger partial charge in [0.1, 0.15) is 5.82 Å². The second-order valence-electron chi connectivity index (χ2n) is 4.75. The van der Waals surface area contributed by atoms with Gasteiger partial charge in [-0.2, -0.15) is 13.2 Å². The molecule has 0 unspecified atom stereocenters. The predicted octanol–water partition coefficient (Wildman–Crippen LogP) is 2.16. The molecule has 0 bridgehead atoms. The summed E-state index contributed by atoms with van der Waals surface area (Å²) in [5.74, 6) is 0.538. The van der Waals surface area contributed by atoms with Crippen molar-refractivity contribution < 1.29 is 18.0 Å². The second-order valence-corrected chi connectivity index (χ2v) is 4.75. The molecule has 0 aliphatic carbocycles. The summed E-state index contributed by atoms with van der Waals surface area (Å²) in [6.07, 6.45) is -2.74. The van der Waals surface area contributed by atoms with Crippen LogP contribution >= 0.6 is 0 Å². The lowest BCUT2D eigenvalue weighted by atomic mass is 10.2. The highest BCUT2D eigenvalue weighted by Crippen LogP contribution is 2.29. The number of nitrogens with zero attached hydrogens (tertiary/aromatic N) is 3. The van der Waals surface area contributed by atoms with E-state index in [-0.39, 0.29) is 5.91 Å². The standard InChI is InChI=1S/C13H16F3N3O/c1-10(20)18-5-2-6-19(8-7-18)12-4-3-11(9-17-12)13(14,15)16/h3-4,9H,2,5-8H2,1H3. The maximum Gasteiger partial charge on any atom is 0.417 e. The molecule has 0 N–H and O–H groups in total. The highest BCUT2D eigenvalue weighted by Gasteiger charge is 2.31. The number of amides is 1. The molecule has 1 amide bonds. The molecule has 110 valence electrons. The summed E-state index contributed by atoms with van der Waals surface area (Å²) in [6, 6.07) is 2.42. The Morgan fingerprint density at radius 2 is 1.95 bits per heavy atom. The van der Waals surface area contributed by atoms with Crippen molar-refractivity contribution in [2.45, 2.75) is 19.5 Å². The molecule has 0 saturated carbocycles. The summed E-state index contributed by atoms with van der Waals surface area (Å²) in [5.41, 5.74) is -0.749. The van der Waals surface area contributed by atoms with Crippen LogP contribution < -0.4 is 4.90 Å². The Kier molecular flexibility index (Phi) is 4.15. The Hall–Kier alpha value is -1.79. The van der Waals surface area contributed by atoms with E-state index in [0.29, 0.717) is 32.0 Å². The van der Waals surface area contributed by atoms with Crippen molar-refractivity contribution in [3.05, 3.63) is 23.9 Å². The van der Waals surface area contributed by atoms with Crippen LogP contribution in [-0.2, 0) is 11.0 Å². The minimum absolute atomic E-state index is 0.0206. The van der Waals surface area contributed by atoms with Crippen molar-refractivity contribution in [3.8, 4) is 0 Å². The molecule has 1 aliphatic rings. The summed E-state index contributed by atoms with van der Waals surface area (Å²) < 4.78 is 37.4. The van der Waals surface area contributed by atoms with Crippen LogP contribution in [0.3, 0.4) is 0 Å². The largest absolute Gasteiger partial charge is 0.417 e. The van der Waals surface area contributed by atoms with Crippen molar-refractivity contribution in [1.29, 1.82) is 0 Å². The van der Waals surface area contributed by atoms with E-state index in [1.165, 1.54) is 13.0 Å². The first-order chi connectivity index (χ1) is 9.38. The number of pyridine rings is 1. The van der Waals surface area contributed by atoms with Gasteiger partial charge in [0, 0.05) is 39.3 Å². The molecule has 0 aromatic carbocycles. The predicted molar refractivity (Wildman–Crippen MR) is 68.3 cm³/mol. The van der Waals surface area contributed by atoms with E-state index in [2.05, 4.69) is 4.98 Å². The van der Waals surface area contributed by atoms with Gasteiger partial charge in [-0.15, -0.1) is 0 Å². The quantitative estimate of drug-likeness (QED) is 0.794.